The lowest BCUT2D eigenvalue weighted by Gasteiger charge is -1.83. The van der Waals surface area contributed by atoms with E-state index in [0.29, 0.717) is 6.42 Å². The van der Waals surface area contributed by atoms with Crippen molar-refractivity contribution in [2.75, 3.05) is 0 Å². The lowest BCUT2D eigenvalue weighted by atomic mass is 11.0. The molecule has 1 N–H and O–H groups in total. The van der Waals surface area contributed by atoms with Gasteiger partial charge in [0.05, 0.1) is 5.25 Å². The van der Waals surface area contributed by atoms with E-state index in [4.69, 9.17) is 4.55 Å². The molecular weight excluding hydrogens is 116 g/mol. The minimum Gasteiger partial charge on any atom is -0.285 e. The SMILES string of the molecule is O=S(=O)(O)C1[CH]C1. The summed E-state index contributed by atoms with van der Waals surface area (Å²) in [6.07, 6.45) is 2.05. The van der Waals surface area contributed by atoms with Gasteiger partial charge in [-0.25, -0.2) is 0 Å². The van der Waals surface area contributed by atoms with E-state index in [2.05, 4.69) is 0 Å². The van der Waals surface area contributed by atoms with Gasteiger partial charge in [-0.3, -0.25) is 4.55 Å². The summed E-state index contributed by atoms with van der Waals surface area (Å²) in [4.78, 5) is 0. The van der Waals surface area contributed by atoms with Gasteiger partial charge in [-0.15, -0.1) is 0 Å². The predicted octanol–water partition coefficient (Wildman–Crippen LogP) is -0.149. The third-order valence-corrected chi connectivity index (χ3v) is 1.96. The van der Waals surface area contributed by atoms with E-state index in [0.717, 1.165) is 0 Å². The van der Waals surface area contributed by atoms with Crippen molar-refractivity contribution in [3.63, 3.8) is 0 Å². The van der Waals surface area contributed by atoms with Gasteiger partial charge in [0.2, 0.25) is 0 Å². The monoisotopic (exact) mass is 121 g/mol. The molecule has 4 heteroatoms. The second kappa shape index (κ2) is 1.20. The molecule has 0 aliphatic heterocycles. The molecule has 0 heterocycles. The average molecular weight is 121 g/mol. The second-order valence-corrected chi connectivity index (χ2v) is 3.16. The molecule has 0 amide bonds. The minimum atomic E-state index is -3.69. The largest absolute Gasteiger partial charge is 0.285 e. The second-order valence-electron chi connectivity index (χ2n) is 1.52. The first-order valence-corrected chi connectivity index (χ1v) is 3.40. The molecule has 1 aliphatic rings. The van der Waals surface area contributed by atoms with Crippen LogP contribution in [0.3, 0.4) is 0 Å². The molecule has 1 atom stereocenters. The van der Waals surface area contributed by atoms with Gasteiger partial charge >= 0.3 is 0 Å². The minimum absolute atomic E-state index is 0.513. The van der Waals surface area contributed by atoms with Crippen molar-refractivity contribution in [3.05, 3.63) is 6.42 Å². The van der Waals surface area contributed by atoms with Crippen LogP contribution < -0.4 is 0 Å². The van der Waals surface area contributed by atoms with Gasteiger partial charge in [-0.1, -0.05) is 0 Å². The first kappa shape index (κ1) is 5.05. The van der Waals surface area contributed by atoms with E-state index in [1.807, 2.05) is 0 Å². The van der Waals surface area contributed by atoms with Crippen LogP contribution in [0, 0.1) is 6.42 Å². The summed E-state index contributed by atoms with van der Waals surface area (Å²) in [6.45, 7) is 0. The molecule has 1 aliphatic carbocycles. The lowest BCUT2D eigenvalue weighted by molar-refractivity contribution is 0.482. The molecule has 0 saturated heterocycles. The van der Waals surface area contributed by atoms with E-state index in [1.54, 1.807) is 0 Å². The fraction of sp³-hybridized carbons (Fsp3) is 0.667. The highest BCUT2D eigenvalue weighted by Crippen LogP contribution is 2.25. The van der Waals surface area contributed by atoms with E-state index in [1.165, 1.54) is 6.42 Å². The summed E-state index contributed by atoms with van der Waals surface area (Å²) >= 11 is 0. The summed E-state index contributed by atoms with van der Waals surface area (Å²) in [7, 11) is -3.69. The first-order valence-electron chi connectivity index (χ1n) is 1.90. The van der Waals surface area contributed by atoms with Crippen molar-refractivity contribution in [2.45, 2.75) is 11.7 Å². The molecule has 0 aromatic rings. The smallest absolute Gasteiger partial charge is 0.268 e. The predicted molar refractivity (Wildman–Crippen MR) is 24.3 cm³/mol. The molecule has 7 heavy (non-hydrogen) atoms. The van der Waals surface area contributed by atoms with Gasteiger partial charge in [-0.05, 0) is 12.8 Å². The Labute approximate surface area is 42.1 Å². The maximum atomic E-state index is 9.92. The molecule has 0 aromatic heterocycles. The molecule has 1 rings (SSSR count). The summed E-state index contributed by atoms with van der Waals surface area (Å²) in [5.74, 6) is 0. The Morgan fingerprint density at radius 3 is 2.14 bits per heavy atom. The highest BCUT2D eigenvalue weighted by molar-refractivity contribution is 7.86. The van der Waals surface area contributed by atoms with Crippen molar-refractivity contribution >= 4 is 10.1 Å². The number of rotatable bonds is 1. The fourth-order valence-electron chi connectivity index (χ4n) is 0.299. The van der Waals surface area contributed by atoms with Crippen molar-refractivity contribution in [3.8, 4) is 0 Å². The summed E-state index contributed by atoms with van der Waals surface area (Å²) in [5.41, 5.74) is 0. The molecule has 0 spiro atoms. The fourth-order valence-corrected chi connectivity index (χ4v) is 0.896. The normalized spacial score (nSPS) is 22.4. The zero-order valence-electron chi connectivity index (χ0n) is 3.53. The maximum absolute atomic E-state index is 9.92. The zero-order valence-corrected chi connectivity index (χ0v) is 4.35. The van der Waals surface area contributed by atoms with Crippen LogP contribution in [0.1, 0.15) is 6.42 Å². The van der Waals surface area contributed by atoms with Gasteiger partial charge < -0.3 is 0 Å². The van der Waals surface area contributed by atoms with Crippen LogP contribution in [0.2, 0.25) is 0 Å². The zero-order chi connectivity index (χ0) is 5.49. The molecule has 0 bridgehead atoms. The summed E-state index contributed by atoms with van der Waals surface area (Å²) < 4.78 is 27.9. The first-order chi connectivity index (χ1) is 3.11. The topological polar surface area (TPSA) is 54.4 Å². The Bertz CT molecular complexity index is 153. The third kappa shape index (κ3) is 1.14. The molecule has 1 fully saturated rings. The van der Waals surface area contributed by atoms with Crippen LogP contribution in [0.25, 0.3) is 0 Å². The molecule has 41 valence electrons. The standard InChI is InChI=1S/C3H5O3S/c4-7(5,6)3-1-2-3/h1,3H,2H2,(H,4,5,6). The van der Waals surface area contributed by atoms with Crippen LogP contribution in [0.5, 0.6) is 0 Å². The van der Waals surface area contributed by atoms with Gasteiger partial charge in [0, 0.05) is 0 Å². The van der Waals surface area contributed by atoms with Gasteiger partial charge in [0.25, 0.3) is 10.1 Å². The Kier molecular flexibility index (Phi) is 0.864. The van der Waals surface area contributed by atoms with Crippen LogP contribution in [0.4, 0.5) is 0 Å². The van der Waals surface area contributed by atoms with E-state index >= 15 is 0 Å². The average Bonchev–Trinajstić information content (AvgIpc) is 1.99. The molecule has 1 saturated carbocycles. The molecule has 1 unspecified atom stereocenters. The van der Waals surface area contributed by atoms with Crippen molar-refractivity contribution < 1.29 is 13.0 Å². The quantitative estimate of drug-likeness (QED) is 0.491. The van der Waals surface area contributed by atoms with Gasteiger partial charge in [0.1, 0.15) is 0 Å². The summed E-state index contributed by atoms with van der Waals surface area (Å²) in [5, 5.41) is -0.549. The van der Waals surface area contributed by atoms with Gasteiger partial charge in [0.15, 0.2) is 0 Å². The Balaban J connectivity index is 2.71. The highest BCUT2D eigenvalue weighted by Gasteiger charge is 2.34. The molecule has 3 nitrogen and oxygen atoms in total. The lowest BCUT2D eigenvalue weighted by Crippen LogP contribution is -2.02. The van der Waals surface area contributed by atoms with Gasteiger partial charge in [-0.2, -0.15) is 8.42 Å². The summed E-state index contributed by atoms with van der Waals surface area (Å²) in [6, 6.07) is 0. The van der Waals surface area contributed by atoms with E-state index < -0.39 is 15.4 Å². The Morgan fingerprint density at radius 1 is 1.71 bits per heavy atom. The molecular formula is C3H5O3S. The Morgan fingerprint density at radius 2 is 2.14 bits per heavy atom. The van der Waals surface area contributed by atoms with E-state index in [9.17, 15) is 8.42 Å². The number of hydrogen-bond acceptors (Lipinski definition) is 2. The van der Waals surface area contributed by atoms with Crippen LogP contribution >= 0.6 is 0 Å². The molecule has 0 aromatic carbocycles. The van der Waals surface area contributed by atoms with Crippen molar-refractivity contribution in [1.82, 2.24) is 0 Å². The maximum Gasteiger partial charge on any atom is 0.268 e. The van der Waals surface area contributed by atoms with E-state index in [-0.39, 0.29) is 0 Å². The van der Waals surface area contributed by atoms with Crippen LogP contribution in [-0.4, -0.2) is 18.2 Å². The van der Waals surface area contributed by atoms with Crippen LogP contribution in [-0.2, 0) is 10.1 Å². The number of hydrogen-bond donors (Lipinski definition) is 1. The highest BCUT2D eigenvalue weighted by atomic mass is 32.2. The Hall–Kier alpha value is -0.0900. The van der Waals surface area contributed by atoms with Crippen molar-refractivity contribution in [2.24, 2.45) is 0 Å². The van der Waals surface area contributed by atoms with Crippen molar-refractivity contribution in [1.29, 1.82) is 0 Å². The van der Waals surface area contributed by atoms with Crippen LogP contribution in [0.15, 0.2) is 0 Å². The molecule has 1 radical (unpaired) electrons. The third-order valence-electron chi connectivity index (χ3n) is 0.811.